The summed E-state index contributed by atoms with van der Waals surface area (Å²) in [6.07, 6.45) is 3.46. The highest BCUT2D eigenvalue weighted by molar-refractivity contribution is 7.98. The van der Waals surface area contributed by atoms with E-state index in [0.29, 0.717) is 22.5 Å². The quantitative estimate of drug-likeness (QED) is 0.406. The Balaban J connectivity index is 1.75. The Labute approximate surface area is 185 Å². The van der Waals surface area contributed by atoms with E-state index in [1.54, 1.807) is 6.21 Å². The molecular weight excluding hydrogens is 420 g/mol. The summed E-state index contributed by atoms with van der Waals surface area (Å²) in [7, 11) is 0. The molecular formula is C22H23ClN4O2S. The average molecular weight is 443 g/mol. The van der Waals surface area contributed by atoms with Crippen molar-refractivity contribution in [3.05, 3.63) is 80.7 Å². The van der Waals surface area contributed by atoms with Crippen molar-refractivity contribution in [1.82, 2.24) is 14.9 Å². The van der Waals surface area contributed by atoms with Crippen molar-refractivity contribution in [2.75, 3.05) is 6.26 Å². The molecule has 0 aliphatic heterocycles. The highest BCUT2D eigenvalue weighted by Gasteiger charge is 2.23. The second-order valence-electron chi connectivity index (χ2n) is 7.63. The topological polar surface area (TPSA) is 69.4 Å². The molecule has 0 saturated carbocycles. The maximum Gasteiger partial charge on any atom is 0.297 e. The molecule has 1 aromatic heterocycles. The molecule has 1 heterocycles. The molecule has 30 heavy (non-hydrogen) atoms. The number of benzene rings is 2. The van der Waals surface area contributed by atoms with Gasteiger partial charge in [-0.25, -0.2) is 0 Å². The van der Waals surface area contributed by atoms with Crippen LogP contribution >= 0.6 is 23.4 Å². The van der Waals surface area contributed by atoms with Gasteiger partial charge in [0.1, 0.15) is 18.1 Å². The summed E-state index contributed by atoms with van der Waals surface area (Å²) in [5.41, 5.74) is 1.57. The fourth-order valence-corrected chi connectivity index (χ4v) is 3.14. The van der Waals surface area contributed by atoms with Gasteiger partial charge in [0, 0.05) is 10.4 Å². The molecule has 0 atom stereocenters. The number of hydrogen-bond acceptors (Lipinski definition) is 6. The SMILES string of the molecule is CSc1nnc(C(C)(C)C)c(=O)n1N=Cc1ccc(OCc2ccc(Cl)cc2)cc1. The summed E-state index contributed by atoms with van der Waals surface area (Å²) >= 11 is 7.22. The Bertz CT molecular complexity index is 1090. The van der Waals surface area contributed by atoms with Crippen molar-refractivity contribution < 1.29 is 4.74 Å². The number of rotatable bonds is 6. The average Bonchev–Trinajstić information content (AvgIpc) is 2.72. The summed E-state index contributed by atoms with van der Waals surface area (Å²) in [5.74, 6) is 0.740. The lowest BCUT2D eigenvalue weighted by atomic mass is 9.93. The standard InChI is InChI=1S/C22H23ClN4O2S/c1-22(2,3)19-20(28)27(21(30-4)26-25-19)24-13-15-7-11-18(12-8-15)29-14-16-5-9-17(23)10-6-16/h5-13H,14H2,1-4H3. The van der Waals surface area contributed by atoms with Crippen molar-refractivity contribution in [3.63, 3.8) is 0 Å². The monoisotopic (exact) mass is 442 g/mol. The molecule has 0 amide bonds. The van der Waals surface area contributed by atoms with Gasteiger partial charge in [-0.2, -0.15) is 9.78 Å². The van der Waals surface area contributed by atoms with E-state index in [0.717, 1.165) is 16.9 Å². The minimum absolute atomic E-state index is 0.263. The number of thioether (sulfide) groups is 1. The van der Waals surface area contributed by atoms with Gasteiger partial charge in [-0.1, -0.05) is 56.3 Å². The predicted molar refractivity (Wildman–Crippen MR) is 122 cm³/mol. The lowest BCUT2D eigenvalue weighted by molar-refractivity contribution is 0.306. The minimum Gasteiger partial charge on any atom is -0.489 e. The van der Waals surface area contributed by atoms with E-state index >= 15 is 0 Å². The van der Waals surface area contributed by atoms with Gasteiger partial charge in [-0.3, -0.25) is 4.79 Å². The maximum absolute atomic E-state index is 12.8. The number of halogens is 1. The fraction of sp³-hybridized carbons (Fsp3) is 0.273. The van der Waals surface area contributed by atoms with Crippen LogP contribution in [0.2, 0.25) is 5.02 Å². The van der Waals surface area contributed by atoms with Crippen LogP contribution in [0.5, 0.6) is 5.75 Å². The Morgan fingerprint density at radius 1 is 1.10 bits per heavy atom. The van der Waals surface area contributed by atoms with Gasteiger partial charge in [0.2, 0.25) is 5.16 Å². The molecule has 6 nitrogen and oxygen atoms in total. The van der Waals surface area contributed by atoms with Crippen LogP contribution in [0, 0.1) is 0 Å². The molecule has 0 bridgehead atoms. The summed E-state index contributed by atoms with van der Waals surface area (Å²) in [4.78, 5) is 12.8. The zero-order chi connectivity index (χ0) is 21.7. The van der Waals surface area contributed by atoms with Crippen LogP contribution < -0.4 is 10.3 Å². The smallest absolute Gasteiger partial charge is 0.297 e. The van der Waals surface area contributed by atoms with Crippen molar-refractivity contribution in [1.29, 1.82) is 0 Å². The molecule has 0 aliphatic carbocycles. The highest BCUT2D eigenvalue weighted by Crippen LogP contribution is 2.18. The minimum atomic E-state index is -0.415. The van der Waals surface area contributed by atoms with Crippen LogP contribution in [0.1, 0.15) is 37.6 Å². The van der Waals surface area contributed by atoms with E-state index in [9.17, 15) is 4.79 Å². The normalized spacial score (nSPS) is 11.8. The zero-order valence-corrected chi connectivity index (χ0v) is 18.9. The second-order valence-corrected chi connectivity index (χ2v) is 8.84. The van der Waals surface area contributed by atoms with E-state index in [2.05, 4.69) is 15.3 Å². The third kappa shape index (κ3) is 5.49. The molecule has 0 radical (unpaired) electrons. The molecule has 8 heteroatoms. The van der Waals surface area contributed by atoms with Gasteiger partial charge in [0.15, 0.2) is 0 Å². The molecule has 0 N–H and O–H groups in total. The van der Waals surface area contributed by atoms with Crippen LogP contribution in [0.25, 0.3) is 0 Å². The predicted octanol–water partition coefficient (Wildman–Crippen LogP) is 4.77. The first-order chi connectivity index (χ1) is 14.3. The Kier molecular flexibility index (Phi) is 6.95. The van der Waals surface area contributed by atoms with E-state index in [4.69, 9.17) is 16.3 Å². The van der Waals surface area contributed by atoms with Gasteiger partial charge >= 0.3 is 0 Å². The molecule has 3 rings (SSSR count). The summed E-state index contributed by atoms with van der Waals surface area (Å²) in [6, 6.07) is 15.0. The molecule has 0 fully saturated rings. The van der Waals surface area contributed by atoms with Gasteiger partial charge in [-0.05, 0) is 53.8 Å². The fourth-order valence-electron chi connectivity index (χ4n) is 2.59. The van der Waals surface area contributed by atoms with Gasteiger partial charge in [-0.15, -0.1) is 10.2 Å². The molecule has 0 saturated heterocycles. The third-order valence-electron chi connectivity index (χ3n) is 4.23. The lowest BCUT2D eigenvalue weighted by Gasteiger charge is -2.16. The third-order valence-corrected chi connectivity index (χ3v) is 5.10. The highest BCUT2D eigenvalue weighted by atomic mass is 35.5. The summed E-state index contributed by atoms with van der Waals surface area (Å²) in [6.45, 7) is 6.23. The molecule has 0 unspecified atom stereocenters. The van der Waals surface area contributed by atoms with E-state index in [1.807, 2.05) is 75.6 Å². The summed E-state index contributed by atoms with van der Waals surface area (Å²) < 4.78 is 7.09. The number of hydrogen-bond donors (Lipinski definition) is 0. The first kappa shape index (κ1) is 22.1. The first-order valence-electron chi connectivity index (χ1n) is 9.34. The molecule has 2 aromatic carbocycles. The summed E-state index contributed by atoms with van der Waals surface area (Å²) in [5, 5.41) is 13.7. The van der Waals surface area contributed by atoms with Crippen molar-refractivity contribution in [2.45, 2.75) is 37.9 Å². The molecule has 3 aromatic rings. The van der Waals surface area contributed by atoms with Crippen LogP contribution in [0.15, 0.2) is 63.6 Å². The Morgan fingerprint density at radius 2 is 1.77 bits per heavy atom. The van der Waals surface area contributed by atoms with Crippen LogP contribution in [-0.2, 0) is 12.0 Å². The Hall–Kier alpha value is -2.64. The van der Waals surface area contributed by atoms with Crippen molar-refractivity contribution in [3.8, 4) is 5.75 Å². The molecule has 0 aliphatic rings. The first-order valence-corrected chi connectivity index (χ1v) is 10.9. The molecule has 0 spiro atoms. The van der Waals surface area contributed by atoms with Gasteiger partial charge in [0.25, 0.3) is 5.56 Å². The van der Waals surface area contributed by atoms with E-state index in [-0.39, 0.29) is 5.56 Å². The number of nitrogens with zero attached hydrogens (tertiary/aromatic N) is 4. The largest absolute Gasteiger partial charge is 0.489 e. The number of ether oxygens (including phenoxy) is 1. The van der Waals surface area contributed by atoms with Crippen molar-refractivity contribution in [2.24, 2.45) is 5.10 Å². The van der Waals surface area contributed by atoms with Crippen molar-refractivity contribution >= 4 is 29.6 Å². The number of aromatic nitrogens is 3. The van der Waals surface area contributed by atoms with Crippen LogP contribution in [0.4, 0.5) is 0 Å². The van der Waals surface area contributed by atoms with Crippen LogP contribution in [-0.4, -0.2) is 27.3 Å². The van der Waals surface area contributed by atoms with E-state index < -0.39 is 5.41 Å². The van der Waals surface area contributed by atoms with E-state index in [1.165, 1.54) is 16.4 Å². The van der Waals surface area contributed by atoms with Crippen LogP contribution in [0.3, 0.4) is 0 Å². The molecule has 156 valence electrons. The van der Waals surface area contributed by atoms with Gasteiger partial charge < -0.3 is 4.74 Å². The second kappa shape index (κ2) is 9.45. The lowest BCUT2D eigenvalue weighted by Crippen LogP contribution is -2.32. The Morgan fingerprint density at radius 3 is 2.37 bits per heavy atom. The van der Waals surface area contributed by atoms with Gasteiger partial charge in [0.05, 0.1) is 6.21 Å². The maximum atomic E-state index is 12.8. The zero-order valence-electron chi connectivity index (χ0n) is 17.3.